The van der Waals surface area contributed by atoms with Crippen molar-refractivity contribution in [3.63, 3.8) is 0 Å². The molecule has 2 aliphatic heterocycles. The highest BCUT2D eigenvalue weighted by molar-refractivity contribution is 9.09. The summed E-state index contributed by atoms with van der Waals surface area (Å²) in [5.41, 5.74) is 0.946. The van der Waals surface area contributed by atoms with Crippen molar-refractivity contribution in [2.75, 3.05) is 31.6 Å². The molecule has 1 aromatic rings. The summed E-state index contributed by atoms with van der Waals surface area (Å²) < 4.78 is 17.2. The van der Waals surface area contributed by atoms with Crippen molar-refractivity contribution in [2.45, 2.75) is 62.7 Å². The molecule has 32 heavy (non-hydrogen) atoms. The lowest BCUT2D eigenvalue weighted by atomic mass is 9.84. The third-order valence-corrected chi connectivity index (χ3v) is 7.16. The minimum Gasteiger partial charge on any atom is -0.445 e. The smallest absolute Gasteiger partial charge is 0.410 e. The largest absolute Gasteiger partial charge is 0.445 e. The predicted octanol–water partition coefficient (Wildman–Crippen LogP) is 2.67. The number of ether oxygens (including phenoxy) is 3. The Bertz CT molecular complexity index is 780. The molecule has 9 heteroatoms. The number of halogens is 1. The Kier molecular flexibility index (Phi) is 7.70. The quantitative estimate of drug-likeness (QED) is 0.612. The van der Waals surface area contributed by atoms with Crippen LogP contribution in [0.3, 0.4) is 0 Å². The fourth-order valence-electron chi connectivity index (χ4n) is 5.03. The Balaban J connectivity index is 1.36. The van der Waals surface area contributed by atoms with Crippen LogP contribution in [0, 0.1) is 0 Å². The van der Waals surface area contributed by atoms with Gasteiger partial charge in [0, 0.05) is 32.0 Å². The van der Waals surface area contributed by atoms with Crippen molar-refractivity contribution in [1.82, 2.24) is 9.80 Å². The van der Waals surface area contributed by atoms with Crippen molar-refractivity contribution in [3.8, 4) is 0 Å². The SMILES string of the molecule is O=C(OCc1ccccc1)N1CCC(N(C(=O)CBr)[C@@H]2CC3(CC[C@H]2O)OCCO3)CC1. The molecular weight excluding hydrogens is 480 g/mol. The number of amides is 2. The highest BCUT2D eigenvalue weighted by Gasteiger charge is 2.49. The Labute approximate surface area is 196 Å². The molecule has 1 aliphatic carbocycles. The highest BCUT2D eigenvalue weighted by atomic mass is 79.9. The van der Waals surface area contributed by atoms with Crippen LogP contribution in [0.2, 0.25) is 0 Å². The minimum absolute atomic E-state index is 0.0607. The zero-order valence-corrected chi connectivity index (χ0v) is 19.7. The topological polar surface area (TPSA) is 88.5 Å². The molecule has 4 rings (SSSR count). The molecule has 3 aliphatic rings. The van der Waals surface area contributed by atoms with Crippen molar-refractivity contribution in [1.29, 1.82) is 0 Å². The molecule has 1 aromatic carbocycles. The van der Waals surface area contributed by atoms with E-state index in [1.54, 1.807) is 4.90 Å². The molecule has 2 amide bonds. The lowest BCUT2D eigenvalue weighted by Crippen LogP contribution is -2.60. The lowest BCUT2D eigenvalue weighted by Gasteiger charge is -2.48. The third kappa shape index (κ3) is 5.27. The second kappa shape index (κ2) is 10.5. The van der Waals surface area contributed by atoms with Gasteiger partial charge in [-0.1, -0.05) is 46.3 Å². The van der Waals surface area contributed by atoms with E-state index in [2.05, 4.69) is 15.9 Å². The number of piperidine rings is 1. The van der Waals surface area contributed by atoms with Crippen LogP contribution in [0.25, 0.3) is 0 Å². The molecule has 0 radical (unpaired) electrons. The van der Waals surface area contributed by atoms with Gasteiger partial charge in [-0.3, -0.25) is 4.79 Å². The van der Waals surface area contributed by atoms with E-state index < -0.39 is 11.9 Å². The molecule has 1 spiro atoms. The van der Waals surface area contributed by atoms with Gasteiger partial charge in [0.05, 0.1) is 30.7 Å². The number of benzene rings is 1. The molecule has 0 aromatic heterocycles. The van der Waals surface area contributed by atoms with Crippen molar-refractivity contribution >= 4 is 27.9 Å². The van der Waals surface area contributed by atoms with Crippen LogP contribution in [0.5, 0.6) is 0 Å². The van der Waals surface area contributed by atoms with Crippen LogP contribution in [-0.2, 0) is 25.6 Å². The Morgan fingerprint density at radius 1 is 1.16 bits per heavy atom. The molecule has 2 saturated heterocycles. The maximum atomic E-state index is 12.9. The summed E-state index contributed by atoms with van der Waals surface area (Å²) >= 11 is 3.30. The van der Waals surface area contributed by atoms with E-state index in [9.17, 15) is 14.7 Å². The molecule has 2 heterocycles. The summed E-state index contributed by atoms with van der Waals surface area (Å²) in [5, 5.41) is 11.0. The lowest BCUT2D eigenvalue weighted by molar-refractivity contribution is -0.208. The number of aliphatic hydroxyl groups excluding tert-OH is 1. The Morgan fingerprint density at radius 2 is 1.84 bits per heavy atom. The summed E-state index contributed by atoms with van der Waals surface area (Å²) in [4.78, 5) is 28.9. The molecule has 1 N–H and O–H groups in total. The zero-order valence-electron chi connectivity index (χ0n) is 18.2. The van der Waals surface area contributed by atoms with Gasteiger partial charge in [-0.15, -0.1) is 0 Å². The Morgan fingerprint density at radius 3 is 2.50 bits per heavy atom. The average Bonchev–Trinajstić information content (AvgIpc) is 3.29. The van der Waals surface area contributed by atoms with E-state index in [0.29, 0.717) is 58.4 Å². The van der Waals surface area contributed by atoms with Gasteiger partial charge >= 0.3 is 6.09 Å². The summed E-state index contributed by atoms with van der Waals surface area (Å²) in [5.74, 6) is -0.759. The number of nitrogens with zero attached hydrogens (tertiary/aromatic N) is 2. The van der Waals surface area contributed by atoms with Crippen molar-refractivity contribution in [3.05, 3.63) is 35.9 Å². The van der Waals surface area contributed by atoms with Crippen molar-refractivity contribution in [2.24, 2.45) is 0 Å². The number of likely N-dealkylation sites (tertiary alicyclic amines) is 1. The maximum absolute atomic E-state index is 12.9. The Hall–Kier alpha value is -1.68. The molecule has 0 bridgehead atoms. The van der Waals surface area contributed by atoms with E-state index in [0.717, 1.165) is 5.56 Å². The molecule has 8 nitrogen and oxygen atoms in total. The standard InChI is InChI=1S/C23H31BrN2O6/c24-15-21(28)26(19-14-23(9-6-20(19)27)31-12-13-32-23)18-7-10-25(11-8-18)22(29)30-16-17-4-2-1-3-5-17/h1-5,18-20,27H,6-16H2/t19-,20-/m1/s1. The van der Waals surface area contributed by atoms with Crippen LogP contribution in [0.15, 0.2) is 30.3 Å². The normalized spacial score (nSPS) is 25.6. The van der Waals surface area contributed by atoms with E-state index in [4.69, 9.17) is 14.2 Å². The monoisotopic (exact) mass is 510 g/mol. The minimum atomic E-state index is -0.698. The van der Waals surface area contributed by atoms with Crippen LogP contribution < -0.4 is 0 Å². The summed E-state index contributed by atoms with van der Waals surface area (Å²) in [6.45, 7) is 2.33. The van der Waals surface area contributed by atoms with E-state index in [-0.39, 0.29) is 36.0 Å². The van der Waals surface area contributed by atoms with E-state index >= 15 is 0 Å². The predicted molar refractivity (Wildman–Crippen MR) is 120 cm³/mol. The first-order chi connectivity index (χ1) is 15.5. The number of carbonyl (C=O) groups excluding carboxylic acids is 2. The summed E-state index contributed by atoms with van der Waals surface area (Å²) in [6, 6.07) is 9.16. The highest BCUT2D eigenvalue weighted by Crippen LogP contribution is 2.39. The molecule has 176 valence electrons. The van der Waals surface area contributed by atoms with Crippen LogP contribution in [0.1, 0.15) is 37.7 Å². The molecule has 3 fully saturated rings. The van der Waals surface area contributed by atoms with E-state index in [1.165, 1.54) is 0 Å². The van der Waals surface area contributed by atoms with Crippen LogP contribution in [-0.4, -0.2) is 82.5 Å². The number of hydrogen-bond donors (Lipinski definition) is 1. The number of rotatable bonds is 5. The second-order valence-corrected chi connectivity index (χ2v) is 9.24. The molecule has 2 atom stereocenters. The van der Waals surface area contributed by atoms with Gasteiger partial charge in [0.25, 0.3) is 0 Å². The van der Waals surface area contributed by atoms with Crippen LogP contribution in [0.4, 0.5) is 4.79 Å². The zero-order chi connectivity index (χ0) is 22.6. The number of aliphatic hydroxyl groups is 1. The van der Waals surface area contributed by atoms with Gasteiger partial charge in [0.15, 0.2) is 5.79 Å². The fourth-order valence-corrected chi connectivity index (χ4v) is 5.31. The van der Waals surface area contributed by atoms with Crippen LogP contribution >= 0.6 is 15.9 Å². The molecule has 1 saturated carbocycles. The van der Waals surface area contributed by atoms with Crippen molar-refractivity contribution < 1.29 is 28.9 Å². The molecule has 0 unspecified atom stereocenters. The third-order valence-electron chi connectivity index (χ3n) is 6.68. The van der Waals surface area contributed by atoms with Gasteiger partial charge in [-0.05, 0) is 24.8 Å². The maximum Gasteiger partial charge on any atom is 0.410 e. The van der Waals surface area contributed by atoms with Gasteiger partial charge in [-0.2, -0.15) is 0 Å². The molecular formula is C23H31BrN2O6. The number of alkyl halides is 1. The summed E-state index contributed by atoms with van der Waals surface area (Å²) in [7, 11) is 0. The number of carbonyl (C=O) groups is 2. The first-order valence-electron chi connectivity index (χ1n) is 11.3. The van der Waals surface area contributed by atoms with E-state index in [1.807, 2.05) is 35.2 Å². The van der Waals surface area contributed by atoms with Gasteiger partial charge in [0.2, 0.25) is 5.91 Å². The first kappa shape index (κ1) is 23.5. The number of hydrogen-bond acceptors (Lipinski definition) is 6. The van der Waals surface area contributed by atoms with Gasteiger partial charge < -0.3 is 29.1 Å². The van der Waals surface area contributed by atoms with Gasteiger partial charge in [-0.25, -0.2) is 4.79 Å². The first-order valence-corrected chi connectivity index (χ1v) is 12.4. The second-order valence-electron chi connectivity index (χ2n) is 8.68. The summed E-state index contributed by atoms with van der Waals surface area (Å²) in [6.07, 6.45) is 1.94. The fraction of sp³-hybridized carbons (Fsp3) is 0.652. The average molecular weight is 511 g/mol. The van der Waals surface area contributed by atoms with Gasteiger partial charge in [0.1, 0.15) is 6.61 Å².